The Bertz CT molecular complexity index is 423. The maximum atomic E-state index is 12.0. The molecule has 0 bridgehead atoms. The summed E-state index contributed by atoms with van der Waals surface area (Å²) in [4.78, 5) is 13.6. The van der Waals surface area contributed by atoms with Gasteiger partial charge in [0.2, 0.25) is 0 Å². The summed E-state index contributed by atoms with van der Waals surface area (Å²) in [7, 11) is 0. The third-order valence-corrected chi connectivity index (χ3v) is 2.37. The maximum absolute atomic E-state index is 12.0. The van der Waals surface area contributed by atoms with Gasteiger partial charge in [-0.05, 0) is 32.9 Å². The molecule has 1 aromatic rings. The van der Waals surface area contributed by atoms with Crippen molar-refractivity contribution < 1.29 is 14.3 Å². The molecule has 0 aromatic heterocycles. The van der Waals surface area contributed by atoms with Crippen molar-refractivity contribution in [3.8, 4) is 5.75 Å². The van der Waals surface area contributed by atoms with Crippen LogP contribution in [0.3, 0.4) is 0 Å². The zero-order chi connectivity index (χ0) is 15.0. The summed E-state index contributed by atoms with van der Waals surface area (Å²) >= 11 is 0. The molecule has 0 aliphatic heterocycles. The van der Waals surface area contributed by atoms with Crippen LogP contribution in [0, 0.1) is 0 Å². The molecule has 20 heavy (non-hydrogen) atoms. The maximum Gasteiger partial charge on any atom is 0.410 e. The number of para-hydroxylation sites is 1. The first kappa shape index (κ1) is 16.1. The number of ether oxygens (including phenoxy) is 2. The number of nitrogens with zero attached hydrogens (tertiary/aromatic N) is 1. The van der Waals surface area contributed by atoms with E-state index in [1.807, 2.05) is 51.1 Å². The van der Waals surface area contributed by atoms with Crippen LogP contribution in [0.15, 0.2) is 43.0 Å². The van der Waals surface area contributed by atoms with Gasteiger partial charge in [0.05, 0.1) is 6.54 Å². The Hall–Kier alpha value is -1.97. The van der Waals surface area contributed by atoms with E-state index < -0.39 is 5.60 Å². The molecule has 1 aromatic carbocycles. The molecule has 0 atom stereocenters. The van der Waals surface area contributed by atoms with Gasteiger partial charge in [-0.2, -0.15) is 0 Å². The molecule has 0 fully saturated rings. The average molecular weight is 277 g/mol. The third kappa shape index (κ3) is 6.27. The van der Waals surface area contributed by atoms with Gasteiger partial charge in [0.1, 0.15) is 18.0 Å². The van der Waals surface area contributed by atoms with E-state index in [9.17, 15) is 4.79 Å². The third-order valence-electron chi connectivity index (χ3n) is 2.37. The van der Waals surface area contributed by atoms with Crippen LogP contribution >= 0.6 is 0 Å². The van der Waals surface area contributed by atoms with Crippen molar-refractivity contribution in [3.63, 3.8) is 0 Å². The SMILES string of the molecule is C=CCN(CCOc1ccccc1)C(=O)OC(C)(C)C. The highest BCUT2D eigenvalue weighted by atomic mass is 16.6. The van der Waals surface area contributed by atoms with Crippen molar-refractivity contribution in [1.29, 1.82) is 0 Å². The lowest BCUT2D eigenvalue weighted by atomic mass is 10.2. The Morgan fingerprint density at radius 1 is 1.30 bits per heavy atom. The Kier molecular flexibility index (Phi) is 6.10. The molecule has 0 saturated carbocycles. The zero-order valence-corrected chi connectivity index (χ0v) is 12.5. The van der Waals surface area contributed by atoms with Gasteiger partial charge in [0.25, 0.3) is 0 Å². The van der Waals surface area contributed by atoms with Crippen molar-refractivity contribution in [2.45, 2.75) is 26.4 Å². The molecule has 0 unspecified atom stereocenters. The molecule has 1 rings (SSSR count). The molecule has 0 spiro atoms. The molecule has 0 radical (unpaired) electrons. The summed E-state index contributed by atoms with van der Waals surface area (Å²) < 4.78 is 10.9. The second kappa shape index (κ2) is 7.58. The highest BCUT2D eigenvalue weighted by Crippen LogP contribution is 2.11. The second-order valence-electron chi connectivity index (χ2n) is 5.38. The summed E-state index contributed by atoms with van der Waals surface area (Å²) in [6.45, 7) is 10.5. The molecule has 0 saturated heterocycles. The van der Waals surface area contributed by atoms with Gasteiger partial charge in [0.15, 0.2) is 0 Å². The summed E-state index contributed by atoms with van der Waals surface area (Å²) in [6.07, 6.45) is 1.32. The van der Waals surface area contributed by atoms with Crippen LogP contribution in [0.25, 0.3) is 0 Å². The van der Waals surface area contributed by atoms with Crippen LogP contribution in [0.4, 0.5) is 4.79 Å². The molecule has 4 heteroatoms. The molecule has 1 amide bonds. The quantitative estimate of drug-likeness (QED) is 0.747. The highest BCUT2D eigenvalue weighted by Gasteiger charge is 2.21. The summed E-state index contributed by atoms with van der Waals surface area (Å²) in [6, 6.07) is 9.50. The molecular weight excluding hydrogens is 254 g/mol. The Balaban J connectivity index is 2.46. The molecule has 0 heterocycles. The lowest BCUT2D eigenvalue weighted by Gasteiger charge is -2.26. The number of hydrogen-bond donors (Lipinski definition) is 0. The van der Waals surface area contributed by atoms with E-state index in [1.54, 1.807) is 11.0 Å². The minimum Gasteiger partial charge on any atom is -0.492 e. The van der Waals surface area contributed by atoms with Crippen molar-refractivity contribution in [2.75, 3.05) is 19.7 Å². The van der Waals surface area contributed by atoms with E-state index in [0.29, 0.717) is 19.7 Å². The fourth-order valence-electron chi connectivity index (χ4n) is 1.53. The van der Waals surface area contributed by atoms with E-state index in [1.165, 1.54) is 0 Å². The fraction of sp³-hybridized carbons (Fsp3) is 0.438. The van der Waals surface area contributed by atoms with Crippen LogP contribution in [-0.2, 0) is 4.74 Å². The van der Waals surface area contributed by atoms with Gasteiger partial charge in [-0.15, -0.1) is 6.58 Å². The smallest absolute Gasteiger partial charge is 0.410 e. The average Bonchev–Trinajstić information content (AvgIpc) is 2.37. The van der Waals surface area contributed by atoms with Gasteiger partial charge in [-0.1, -0.05) is 24.3 Å². The van der Waals surface area contributed by atoms with Crippen LogP contribution in [0.5, 0.6) is 5.75 Å². The van der Waals surface area contributed by atoms with Gasteiger partial charge in [0, 0.05) is 6.54 Å². The topological polar surface area (TPSA) is 38.8 Å². The van der Waals surface area contributed by atoms with E-state index >= 15 is 0 Å². The number of carbonyl (C=O) groups is 1. The lowest BCUT2D eigenvalue weighted by Crippen LogP contribution is -2.39. The van der Waals surface area contributed by atoms with Gasteiger partial charge in [-0.3, -0.25) is 0 Å². The van der Waals surface area contributed by atoms with Crippen LogP contribution in [-0.4, -0.2) is 36.3 Å². The van der Waals surface area contributed by atoms with Crippen LogP contribution in [0.1, 0.15) is 20.8 Å². The Labute approximate surface area is 121 Å². The standard InChI is InChI=1S/C16H23NO3/c1-5-11-17(15(18)20-16(2,3)4)12-13-19-14-9-7-6-8-10-14/h5-10H,1,11-13H2,2-4H3. The zero-order valence-electron chi connectivity index (χ0n) is 12.5. The minimum absolute atomic E-state index is 0.353. The van der Waals surface area contributed by atoms with Crippen LogP contribution in [0.2, 0.25) is 0 Å². The van der Waals surface area contributed by atoms with E-state index in [0.717, 1.165) is 5.75 Å². The van der Waals surface area contributed by atoms with Crippen molar-refractivity contribution in [1.82, 2.24) is 4.90 Å². The monoisotopic (exact) mass is 277 g/mol. The lowest BCUT2D eigenvalue weighted by molar-refractivity contribution is 0.0249. The highest BCUT2D eigenvalue weighted by molar-refractivity contribution is 5.68. The number of carbonyl (C=O) groups excluding carboxylic acids is 1. The fourth-order valence-corrected chi connectivity index (χ4v) is 1.53. The predicted octanol–water partition coefficient (Wildman–Crippen LogP) is 3.49. The summed E-state index contributed by atoms with van der Waals surface area (Å²) in [5, 5.41) is 0. The molecule has 0 aliphatic rings. The molecule has 110 valence electrons. The first-order valence-electron chi connectivity index (χ1n) is 6.69. The van der Waals surface area contributed by atoms with Gasteiger partial charge >= 0.3 is 6.09 Å². The van der Waals surface area contributed by atoms with Crippen molar-refractivity contribution >= 4 is 6.09 Å². The molecular formula is C16H23NO3. The minimum atomic E-state index is -0.503. The van der Waals surface area contributed by atoms with Crippen molar-refractivity contribution in [3.05, 3.63) is 43.0 Å². The Morgan fingerprint density at radius 2 is 1.95 bits per heavy atom. The molecule has 0 N–H and O–H groups in total. The molecule has 4 nitrogen and oxygen atoms in total. The first-order chi connectivity index (χ1) is 9.42. The summed E-state index contributed by atoms with van der Waals surface area (Å²) in [5.74, 6) is 0.787. The van der Waals surface area contributed by atoms with E-state index in [2.05, 4.69) is 6.58 Å². The number of rotatable bonds is 6. The first-order valence-corrected chi connectivity index (χ1v) is 6.69. The number of amides is 1. The van der Waals surface area contributed by atoms with Gasteiger partial charge in [-0.25, -0.2) is 4.79 Å². The number of hydrogen-bond acceptors (Lipinski definition) is 3. The van der Waals surface area contributed by atoms with E-state index in [4.69, 9.17) is 9.47 Å². The normalized spacial score (nSPS) is 10.8. The van der Waals surface area contributed by atoms with Crippen LogP contribution < -0.4 is 4.74 Å². The van der Waals surface area contributed by atoms with Gasteiger partial charge < -0.3 is 14.4 Å². The second-order valence-corrected chi connectivity index (χ2v) is 5.38. The van der Waals surface area contributed by atoms with Crippen molar-refractivity contribution in [2.24, 2.45) is 0 Å². The molecule has 0 aliphatic carbocycles. The Morgan fingerprint density at radius 3 is 2.50 bits per heavy atom. The summed E-state index contributed by atoms with van der Waals surface area (Å²) in [5.41, 5.74) is -0.503. The predicted molar refractivity (Wildman–Crippen MR) is 79.9 cm³/mol. The number of benzene rings is 1. The van der Waals surface area contributed by atoms with E-state index in [-0.39, 0.29) is 6.09 Å². The largest absolute Gasteiger partial charge is 0.492 e.